The molecule has 1 unspecified atom stereocenters. The average Bonchev–Trinajstić information content (AvgIpc) is 2.97. The Morgan fingerprint density at radius 2 is 2.33 bits per heavy atom. The molecule has 1 aromatic rings. The molecule has 1 aliphatic rings. The average molecular weight is 250 g/mol. The SMILES string of the molecule is CCn1nccc1CNCC1CCN(C(C)C)C1. The fourth-order valence-corrected chi connectivity index (χ4v) is 2.70. The quantitative estimate of drug-likeness (QED) is 0.834. The first kappa shape index (κ1) is 13.6. The number of nitrogens with one attached hydrogen (secondary N) is 1. The summed E-state index contributed by atoms with van der Waals surface area (Å²) in [5.74, 6) is 0.811. The van der Waals surface area contributed by atoms with Gasteiger partial charge in [-0.05, 0) is 52.3 Å². The number of hydrogen-bond acceptors (Lipinski definition) is 3. The summed E-state index contributed by atoms with van der Waals surface area (Å²) in [5.41, 5.74) is 1.29. The number of aromatic nitrogens is 2. The minimum Gasteiger partial charge on any atom is -0.311 e. The lowest BCUT2D eigenvalue weighted by molar-refractivity contribution is 0.264. The summed E-state index contributed by atoms with van der Waals surface area (Å²) >= 11 is 0. The molecule has 2 heterocycles. The standard InChI is InChI=1S/C14H26N4/c1-4-18-14(5-7-16-18)10-15-9-13-6-8-17(11-13)12(2)3/h5,7,12-13,15H,4,6,8-11H2,1-3H3. The van der Waals surface area contributed by atoms with E-state index in [2.05, 4.69) is 46.8 Å². The first-order valence-corrected chi connectivity index (χ1v) is 7.16. The van der Waals surface area contributed by atoms with E-state index in [0.717, 1.165) is 25.6 Å². The lowest BCUT2D eigenvalue weighted by Gasteiger charge is -2.20. The Balaban J connectivity index is 1.70. The van der Waals surface area contributed by atoms with Gasteiger partial charge in [-0.2, -0.15) is 5.10 Å². The zero-order valence-corrected chi connectivity index (χ0v) is 11.9. The minimum atomic E-state index is 0.691. The molecule has 18 heavy (non-hydrogen) atoms. The van der Waals surface area contributed by atoms with Crippen LogP contribution in [0, 0.1) is 5.92 Å². The van der Waals surface area contributed by atoms with Gasteiger partial charge in [-0.15, -0.1) is 0 Å². The molecular weight excluding hydrogens is 224 g/mol. The van der Waals surface area contributed by atoms with Gasteiger partial charge in [0.15, 0.2) is 0 Å². The Kier molecular flexibility index (Phi) is 4.78. The third kappa shape index (κ3) is 3.33. The van der Waals surface area contributed by atoms with Crippen LogP contribution in [0.1, 0.15) is 32.9 Å². The van der Waals surface area contributed by atoms with E-state index < -0.39 is 0 Å². The lowest BCUT2D eigenvalue weighted by atomic mass is 10.1. The van der Waals surface area contributed by atoms with Crippen molar-refractivity contribution in [1.82, 2.24) is 20.0 Å². The van der Waals surface area contributed by atoms with E-state index >= 15 is 0 Å². The molecule has 2 rings (SSSR count). The van der Waals surface area contributed by atoms with E-state index in [1.54, 1.807) is 0 Å². The molecule has 0 bridgehead atoms. The van der Waals surface area contributed by atoms with Crippen LogP contribution < -0.4 is 5.32 Å². The smallest absolute Gasteiger partial charge is 0.0521 e. The van der Waals surface area contributed by atoms with Crippen LogP contribution in [0.4, 0.5) is 0 Å². The van der Waals surface area contributed by atoms with Gasteiger partial charge in [-0.25, -0.2) is 0 Å². The molecule has 1 aliphatic heterocycles. The molecule has 102 valence electrons. The maximum Gasteiger partial charge on any atom is 0.0521 e. The number of likely N-dealkylation sites (tertiary alicyclic amines) is 1. The van der Waals surface area contributed by atoms with Crippen LogP contribution in [0.15, 0.2) is 12.3 Å². The van der Waals surface area contributed by atoms with Crippen LogP contribution in [0.3, 0.4) is 0 Å². The Labute approximate surface area is 110 Å². The first-order chi connectivity index (χ1) is 8.70. The van der Waals surface area contributed by atoms with E-state index in [1.165, 1.54) is 25.2 Å². The van der Waals surface area contributed by atoms with Crippen molar-refractivity contribution in [2.75, 3.05) is 19.6 Å². The number of aryl methyl sites for hydroxylation is 1. The van der Waals surface area contributed by atoms with Gasteiger partial charge in [0, 0.05) is 31.9 Å². The van der Waals surface area contributed by atoms with Gasteiger partial charge in [-0.1, -0.05) is 0 Å². The van der Waals surface area contributed by atoms with Crippen LogP contribution in [0.2, 0.25) is 0 Å². The number of hydrogen-bond donors (Lipinski definition) is 1. The van der Waals surface area contributed by atoms with Gasteiger partial charge in [0.2, 0.25) is 0 Å². The molecule has 1 saturated heterocycles. The molecule has 0 amide bonds. The summed E-state index contributed by atoms with van der Waals surface area (Å²) in [6.45, 7) is 12.2. The molecule has 1 N–H and O–H groups in total. The Morgan fingerprint density at radius 3 is 3.00 bits per heavy atom. The van der Waals surface area contributed by atoms with Crippen molar-refractivity contribution < 1.29 is 0 Å². The van der Waals surface area contributed by atoms with Crippen LogP contribution in [0.5, 0.6) is 0 Å². The molecule has 1 fully saturated rings. The summed E-state index contributed by atoms with van der Waals surface area (Å²) in [5, 5.41) is 7.87. The fraction of sp³-hybridized carbons (Fsp3) is 0.786. The van der Waals surface area contributed by atoms with Crippen molar-refractivity contribution in [1.29, 1.82) is 0 Å². The molecule has 0 saturated carbocycles. The Morgan fingerprint density at radius 1 is 1.50 bits per heavy atom. The molecule has 0 aliphatic carbocycles. The van der Waals surface area contributed by atoms with Crippen LogP contribution in [0.25, 0.3) is 0 Å². The lowest BCUT2D eigenvalue weighted by Crippen LogP contribution is -2.30. The molecule has 0 aromatic carbocycles. The molecule has 1 aromatic heterocycles. The first-order valence-electron chi connectivity index (χ1n) is 7.16. The highest BCUT2D eigenvalue weighted by atomic mass is 15.3. The van der Waals surface area contributed by atoms with Crippen molar-refractivity contribution in [3.63, 3.8) is 0 Å². The number of nitrogens with zero attached hydrogens (tertiary/aromatic N) is 3. The van der Waals surface area contributed by atoms with Crippen LogP contribution >= 0.6 is 0 Å². The van der Waals surface area contributed by atoms with E-state index in [4.69, 9.17) is 0 Å². The summed E-state index contributed by atoms with van der Waals surface area (Å²) < 4.78 is 2.06. The normalized spacial score (nSPS) is 21.0. The summed E-state index contributed by atoms with van der Waals surface area (Å²) in [7, 11) is 0. The number of rotatable bonds is 6. The zero-order valence-electron chi connectivity index (χ0n) is 11.9. The second-order valence-corrected chi connectivity index (χ2v) is 5.51. The molecule has 4 heteroatoms. The van der Waals surface area contributed by atoms with Crippen molar-refractivity contribution in [3.8, 4) is 0 Å². The van der Waals surface area contributed by atoms with Gasteiger partial charge in [0.25, 0.3) is 0 Å². The summed E-state index contributed by atoms with van der Waals surface area (Å²) in [4.78, 5) is 2.57. The highest BCUT2D eigenvalue weighted by Crippen LogP contribution is 2.17. The minimum absolute atomic E-state index is 0.691. The summed E-state index contributed by atoms with van der Waals surface area (Å²) in [6, 6.07) is 2.79. The van der Waals surface area contributed by atoms with Crippen molar-refractivity contribution in [2.45, 2.75) is 46.3 Å². The fourth-order valence-electron chi connectivity index (χ4n) is 2.70. The molecule has 1 atom stereocenters. The van der Waals surface area contributed by atoms with Crippen molar-refractivity contribution >= 4 is 0 Å². The molecule has 0 radical (unpaired) electrons. The topological polar surface area (TPSA) is 33.1 Å². The van der Waals surface area contributed by atoms with E-state index in [-0.39, 0.29) is 0 Å². The maximum atomic E-state index is 4.29. The van der Waals surface area contributed by atoms with E-state index in [9.17, 15) is 0 Å². The van der Waals surface area contributed by atoms with Crippen LogP contribution in [-0.2, 0) is 13.1 Å². The monoisotopic (exact) mass is 250 g/mol. The highest BCUT2D eigenvalue weighted by molar-refractivity contribution is 4.99. The van der Waals surface area contributed by atoms with E-state index in [1.807, 2.05) is 6.20 Å². The van der Waals surface area contributed by atoms with Gasteiger partial charge in [-0.3, -0.25) is 4.68 Å². The predicted octanol–water partition coefficient (Wildman–Crippen LogP) is 1.72. The molecular formula is C14H26N4. The predicted molar refractivity (Wildman–Crippen MR) is 74.4 cm³/mol. The maximum absolute atomic E-state index is 4.29. The van der Waals surface area contributed by atoms with Gasteiger partial charge in [0.05, 0.1) is 5.69 Å². The van der Waals surface area contributed by atoms with E-state index in [0.29, 0.717) is 6.04 Å². The van der Waals surface area contributed by atoms with Gasteiger partial charge in [0.1, 0.15) is 0 Å². The molecule has 0 spiro atoms. The van der Waals surface area contributed by atoms with Gasteiger partial charge >= 0.3 is 0 Å². The molecule has 4 nitrogen and oxygen atoms in total. The van der Waals surface area contributed by atoms with Crippen molar-refractivity contribution in [2.24, 2.45) is 5.92 Å². The largest absolute Gasteiger partial charge is 0.311 e. The third-order valence-electron chi connectivity index (χ3n) is 3.89. The van der Waals surface area contributed by atoms with Gasteiger partial charge < -0.3 is 10.2 Å². The highest BCUT2D eigenvalue weighted by Gasteiger charge is 2.23. The third-order valence-corrected chi connectivity index (χ3v) is 3.89. The summed E-state index contributed by atoms with van der Waals surface area (Å²) in [6.07, 6.45) is 3.22. The Hall–Kier alpha value is -0.870. The Bertz CT molecular complexity index is 358. The zero-order chi connectivity index (χ0) is 13.0. The van der Waals surface area contributed by atoms with Crippen LogP contribution in [-0.4, -0.2) is 40.4 Å². The van der Waals surface area contributed by atoms with Crippen molar-refractivity contribution in [3.05, 3.63) is 18.0 Å². The second kappa shape index (κ2) is 6.34. The second-order valence-electron chi connectivity index (χ2n) is 5.51.